The van der Waals surface area contributed by atoms with Crippen LogP contribution in [-0.4, -0.2) is 42.8 Å². The summed E-state index contributed by atoms with van der Waals surface area (Å²) in [5, 5.41) is 12.1. The zero-order valence-corrected chi connectivity index (χ0v) is 16.2. The Morgan fingerprint density at radius 1 is 1.32 bits per heavy atom. The molecule has 6 heteroatoms. The minimum atomic E-state index is -1.32. The van der Waals surface area contributed by atoms with Crippen molar-refractivity contribution in [2.24, 2.45) is 5.92 Å². The Balaban J connectivity index is 1.91. The number of anilines is 1. The van der Waals surface area contributed by atoms with Crippen LogP contribution in [0.25, 0.3) is 0 Å². The maximum Gasteiger partial charge on any atom is 0.414 e. The number of carbonyl (C=O) groups excluding carboxylic acids is 1. The second-order valence-electron chi connectivity index (χ2n) is 7.75. The Morgan fingerprint density at radius 3 is 2.68 bits per heavy atom. The van der Waals surface area contributed by atoms with E-state index in [1.807, 2.05) is 30.3 Å². The Kier molecular flexibility index (Phi) is 4.61. The number of ether oxygens (including phenoxy) is 3. The fourth-order valence-electron chi connectivity index (χ4n) is 5.50. The molecule has 2 fully saturated rings. The van der Waals surface area contributed by atoms with Crippen molar-refractivity contribution in [3.63, 3.8) is 0 Å². The van der Waals surface area contributed by atoms with Crippen LogP contribution in [0.1, 0.15) is 31.2 Å². The molecule has 1 aromatic rings. The summed E-state index contributed by atoms with van der Waals surface area (Å²) in [7, 11) is 1.36. The molecule has 2 aliphatic heterocycles. The minimum absolute atomic E-state index is 0.268. The SMILES string of the molecule is C=CC[C@@]1(O)c2ccccc2N(C(=O)OC)[C@@]12CCC1(C[C@H]2C=C)OCCO1. The summed E-state index contributed by atoms with van der Waals surface area (Å²) in [6, 6.07) is 7.45. The van der Waals surface area contributed by atoms with Gasteiger partial charge in [0, 0.05) is 30.7 Å². The van der Waals surface area contributed by atoms with Crippen LogP contribution in [0.15, 0.2) is 49.6 Å². The summed E-state index contributed by atoms with van der Waals surface area (Å²) in [5.74, 6) is -0.953. The third-order valence-corrected chi connectivity index (χ3v) is 6.63. The zero-order valence-electron chi connectivity index (χ0n) is 16.2. The van der Waals surface area contributed by atoms with E-state index in [1.54, 1.807) is 11.0 Å². The average molecular weight is 385 g/mol. The van der Waals surface area contributed by atoms with E-state index < -0.39 is 23.0 Å². The van der Waals surface area contributed by atoms with Gasteiger partial charge < -0.3 is 19.3 Å². The summed E-state index contributed by atoms with van der Waals surface area (Å²) in [4.78, 5) is 14.6. The lowest BCUT2D eigenvalue weighted by Gasteiger charge is -2.55. The number of aliphatic hydroxyl groups is 1. The molecule has 1 saturated heterocycles. The van der Waals surface area contributed by atoms with E-state index in [-0.39, 0.29) is 5.92 Å². The van der Waals surface area contributed by atoms with E-state index in [9.17, 15) is 9.90 Å². The number of hydrogen-bond acceptors (Lipinski definition) is 5. The van der Waals surface area contributed by atoms with Crippen molar-refractivity contribution in [2.75, 3.05) is 25.2 Å². The van der Waals surface area contributed by atoms with Gasteiger partial charge in [0.15, 0.2) is 5.79 Å². The van der Waals surface area contributed by atoms with E-state index in [2.05, 4.69) is 13.2 Å². The zero-order chi connectivity index (χ0) is 20.0. The molecule has 1 aliphatic carbocycles. The minimum Gasteiger partial charge on any atom is -0.452 e. The lowest BCUT2D eigenvalue weighted by atomic mass is 9.60. The standard InChI is InChI=1S/C22H27NO5/c1-4-10-22(25)17-8-6-7-9-18(17)23(19(24)26-3)21(22)12-11-20(15-16(21)5-2)27-13-14-28-20/h4-9,16,25H,1-2,10-15H2,3H3/t16-,21-,22-/m1/s1. The van der Waals surface area contributed by atoms with Gasteiger partial charge in [-0.25, -0.2) is 4.79 Å². The molecule has 1 aromatic carbocycles. The Bertz CT molecular complexity index is 802. The van der Waals surface area contributed by atoms with Crippen molar-refractivity contribution < 1.29 is 24.1 Å². The quantitative estimate of drug-likeness (QED) is 0.807. The monoisotopic (exact) mass is 385 g/mol. The molecule has 4 rings (SSSR count). The highest BCUT2D eigenvalue weighted by molar-refractivity contribution is 5.94. The van der Waals surface area contributed by atoms with Crippen LogP contribution in [0.3, 0.4) is 0 Å². The van der Waals surface area contributed by atoms with Crippen molar-refractivity contribution in [1.82, 2.24) is 0 Å². The molecule has 150 valence electrons. The van der Waals surface area contributed by atoms with E-state index >= 15 is 0 Å². The van der Waals surface area contributed by atoms with Gasteiger partial charge in [0.05, 0.1) is 31.5 Å². The molecule has 6 nitrogen and oxygen atoms in total. The lowest BCUT2D eigenvalue weighted by molar-refractivity contribution is -0.208. The van der Waals surface area contributed by atoms with E-state index in [0.717, 1.165) is 0 Å². The summed E-state index contributed by atoms with van der Waals surface area (Å²) in [5.41, 5.74) is -0.912. The van der Waals surface area contributed by atoms with Crippen LogP contribution < -0.4 is 4.90 Å². The molecule has 3 atom stereocenters. The Labute approximate surface area is 165 Å². The van der Waals surface area contributed by atoms with E-state index in [4.69, 9.17) is 14.2 Å². The molecule has 1 N–H and O–H groups in total. The van der Waals surface area contributed by atoms with Crippen LogP contribution in [0.5, 0.6) is 0 Å². The highest BCUT2D eigenvalue weighted by Crippen LogP contribution is 2.62. The second-order valence-corrected chi connectivity index (χ2v) is 7.75. The largest absolute Gasteiger partial charge is 0.452 e. The number of carbonyl (C=O) groups is 1. The first kappa shape index (κ1) is 19.2. The number of rotatable bonds is 3. The predicted molar refractivity (Wildman–Crippen MR) is 105 cm³/mol. The summed E-state index contributed by atoms with van der Waals surface area (Å²) < 4.78 is 17.0. The molecule has 2 spiro atoms. The van der Waals surface area contributed by atoms with Gasteiger partial charge in [0.1, 0.15) is 5.60 Å². The number of fused-ring (bicyclic) bond motifs is 1. The van der Waals surface area contributed by atoms with Gasteiger partial charge >= 0.3 is 6.09 Å². The second kappa shape index (κ2) is 6.72. The average Bonchev–Trinajstić information content (AvgIpc) is 3.24. The lowest BCUT2D eigenvalue weighted by Crippen LogP contribution is -2.67. The van der Waals surface area contributed by atoms with Crippen molar-refractivity contribution in [3.05, 3.63) is 55.1 Å². The maximum absolute atomic E-state index is 13.0. The fraction of sp³-hybridized carbons (Fsp3) is 0.500. The van der Waals surface area contributed by atoms with Gasteiger partial charge in [-0.2, -0.15) is 0 Å². The molecular weight excluding hydrogens is 358 g/mol. The number of nitrogens with zero attached hydrogens (tertiary/aromatic N) is 1. The highest BCUT2D eigenvalue weighted by Gasteiger charge is 2.68. The summed E-state index contributed by atoms with van der Waals surface area (Å²) in [6.45, 7) is 9.00. The molecule has 0 bridgehead atoms. The smallest absolute Gasteiger partial charge is 0.414 e. The van der Waals surface area contributed by atoms with Crippen LogP contribution in [-0.2, 0) is 19.8 Å². The van der Waals surface area contributed by atoms with E-state index in [0.29, 0.717) is 50.1 Å². The number of methoxy groups -OCH3 is 1. The van der Waals surface area contributed by atoms with Crippen molar-refractivity contribution in [3.8, 4) is 0 Å². The van der Waals surface area contributed by atoms with Crippen LogP contribution in [0.2, 0.25) is 0 Å². The fourth-order valence-corrected chi connectivity index (χ4v) is 5.50. The normalized spacial score (nSPS) is 33.1. The van der Waals surface area contributed by atoms with Gasteiger partial charge in [0.25, 0.3) is 0 Å². The van der Waals surface area contributed by atoms with Gasteiger partial charge in [-0.05, 0) is 12.5 Å². The van der Waals surface area contributed by atoms with Gasteiger partial charge in [-0.3, -0.25) is 4.90 Å². The van der Waals surface area contributed by atoms with Crippen LogP contribution in [0, 0.1) is 5.92 Å². The van der Waals surface area contributed by atoms with Gasteiger partial charge in [-0.1, -0.05) is 30.4 Å². The number of benzene rings is 1. The molecule has 0 unspecified atom stereocenters. The molecule has 2 heterocycles. The molecular formula is C22H27NO5. The third-order valence-electron chi connectivity index (χ3n) is 6.63. The number of para-hydroxylation sites is 1. The van der Waals surface area contributed by atoms with Gasteiger partial charge in [0.2, 0.25) is 0 Å². The maximum atomic E-state index is 13.0. The topological polar surface area (TPSA) is 68.2 Å². The van der Waals surface area contributed by atoms with E-state index in [1.165, 1.54) is 7.11 Å². The molecule has 3 aliphatic rings. The first-order chi connectivity index (χ1) is 13.5. The Morgan fingerprint density at radius 2 is 2.04 bits per heavy atom. The first-order valence-electron chi connectivity index (χ1n) is 9.69. The van der Waals surface area contributed by atoms with Crippen LogP contribution in [0.4, 0.5) is 10.5 Å². The van der Waals surface area contributed by atoms with Crippen LogP contribution >= 0.6 is 0 Å². The summed E-state index contributed by atoms with van der Waals surface area (Å²) in [6.07, 6.45) is 4.88. The molecule has 1 amide bonds. The van der Waals surface area contributed by atoms with Gasteiger partial charge in [-0.15, -0.1) is 13.2 Å². The summed E-state index contributed by atoms with van der Waals surface area (Å²) >= 11 is 0. The molecule has 28 heavy (non-hydrogen) atoms. The predicted octanol–water partition coefficient (Wildman–Crippen LogP) is 3.50. The van der Waals surface area contributed by atoms with Crippen molar-refractivity contribution >= 4 is 11.8 Å². The highest BCUT2D eigenvalue weighted by atomic mass is 16.7. The number of amides is 1. The number of hydrogen-bond donors (Lipinski definition) is 1. The van der Waals surface area contributed by atoms with Crippen molar-refractivity contribution in [2.45, 2.75) is 42.6 Å². The Hall–Kier alpha value is -2.15. The van der Waals surface area contributed by atoms with Crippen molar-refractivity contribution in [1.29, 1.82) is 0 Å². The first-order valence-corrected chi connectivity index (χ1v) is 9.69. The molecule has 0 aromatic heterocycles. The molecule has 0 radical (unpaired) electrons. The molecule has 1 saturated carbocycles. The third kappa shape index (κ3) is 2.35.